The van der Waals surface area contributed by atoms with Gasteiger partial charge in [0.05, 0.1) is 19.3 Å². The summed E-state index contributed by atoms with van der Waals surface area (Å²) in [6.07, 6.45) is 3.55. The van der Waals surface area contributed by atoms with E-state index >= 15 is 0 Å². The average Bonchev–Trinajstić information content (AvgIpc) is 3.05. The summed E-state index contributed by atoms with van der Waals surface area (Å²) in [5.74, 6) is 2.30. The maximum Gasteiger partial charge on any atom is 0.230 e. The lowest BCUT2D eigenvalue weighted by atomic mass is 9.93. The number of carbonyl (C=O) groups excluding carboxylic acids is 1. The highest BCUT2D eigenvalue weighted by atomic mass is 35.5. The number of hydrogen-bond acceptors (Lipinski definition) is 6. The molecule has 0 bridgehead atoms. The van der Waals surface area contributed by atoms with Crippen LogP contribution in [0.25, 0.3) is 0 Å². The van der Waals surface area contributed by atoms with Crippen LogP contribution in [0.2, 0.25) is 5.02 Å². The Morgan fingerprint density at radius 1 is 1.44 bits per heavy atom. The summed E-state index contributed by atoms with van der Waals surface area (Å²) in [4.78, 5) is 14.7. The van der Waals surface area contributed by atoms with Crippen LogP contribution in [0.15, 0.2) is 22.6 Å². The molecule has 0 unspecified atom stereocenters. The number of piperidine rings is 1. The number of amides is 1. The molecule has 8 heteroatoms. The van der Waals surface area contributed by atoms with E-state index in [4.69, 9.17) is 20.8 Å². The zero-order chi connectivity index (χ0) is 19.2. The van der Waals surface area contributed by atoms with Gasteiger partial charge < -0.3 is 14.5 Å². The molecule has 1 aliphatic heterocycles. The first kappa shape index (κ1) is 19.6. The van der Waals surface area contributed by atoms with Crippen molar-refractivity contribution in [3.05, 3.63) is 35.0 Å². The monoisotopic (exact) mass is 392 g/mol. The second kappa shape index (κ2) is 9.19. The number of nitrogens with one attached hydrogen (secondary N) is 1. The van der Waals surface area contributed by atoms with Crippen molar-refractivity contribution in [1.29, 1.82) is 0 Å². The van der Waals surface area contributed by atoms with Crippen LogP contribution in [0, 0.1) is 12.8 Å². The Balaban J connectivity index is 1.47. The van der Waals surface area contributed by atoms with Crippen molar-refractivity contribution in [1.82, 2.24) is 15.1 Å². The van der Waals surface area contributed by atoms with E-state index < -0.39 is 0 Å². The molecule has 1 aromatic carbocycles. The Morgan fingerprint density at radius 3 is 3.04 bits per heavy atom. The van der Waals surface area contributed by atoms with Gasteiger partial charge in [-0.15, -0.1) is 10.2 Å². The predicted octanol–water partition coefficient (Wildman–Crippen LogP) is 3.67. The molecule has 2 aromatic rings. The Hall–Kier alpha value is -2.12. The van der Waals surface area contributed by atoms with E-state index in [1.807, 2.05) is 0 Å². The van der Waals surface area contributed by atoms with Crippen molar-refractivity contribution >= 4 is 23.2 Å². The van der Waals surface area contributed by atoms with Crippen molar-refractivity contribution in [2.24, 2.45) is 5.92 Å². The van der Waals surface area contributed by atoms with E-state index in [9.17, 15) is 4.79 Å². The summed E-state index contributed by atoms with van der Waals surface area (Å²) < 4.78 is 10.7. The molecule has 1 aliphatic rings. The number of nitrogens with zero attached hydrogens (tertiary/aromatic N) is 3. The van der Waals surface area contributed by atoms with Gasteiger partial charge in [-0.3, -0.25) is 9.69 Å². The van der Waals surface area contributed by atoms with Gasteiger partial charge in [0.1, 0.15) is 5.75 Å². The number of aromatic nitrogens is 2. The summed E-state index contributed by atoms with van der Waals surface area (Å²) in [5.41, 5.74) is 0.604. The first-order valence-corrected chi connectivity index (χ1v) is 9.56. The molecule has 0 aliphatic carbocycles. The molecule has 1 fully saturated rings. The van der Waals surface area contributed by atoms with Gasteiger partial charge in [0.15, 0.2) is 0 Å². The zero-order valence-corrected chi connectivity index (χ0v) is 16.5. The number of aryl methyl sites for hydroxylation is 1. The van der Waals surface area contributed by atoms with Gasteiger partial charge in [0.2, 0.25) is 17.7 Å². The van der Waals surface area contributed by atoms with Crippen LogP contribution < -0.4 is 10.1 Å². The molecule has 3 rings (SSSR count). The number of likely N-dealkylation sites (tertiary alicyclic amines) is 1. The number of halogens is 1. The van der Waals surface area contributed by atoms with Gasteiger partial charge in [-0.05, 0) is 49.9 Å². The summed E-state index contributed by atoms with van der Waals surface area (Å²) >= 11 is 6.01. The van der Waals surface area contributed by atoms with E-state index in [0.29, 0.717) is 47.1 Å². The van der Waals surface area contributed by atoms with E-state index in [1.54, 1.807) is 32.2 Å². The molecule has 1 saturated heterocycles. The van der Waals surface area contributed by atoms with E-state index in [-0.39, 0.29) is 5.91 Å². The number of methoxy groups -OCH3 is 1. The van der Waals surface area contributed by atoms with E-state index in [2.05, 4.69) is 20.4 Å². The van der Waals surface area contributed by atoms with E-state index in [0.717, 1.165) is 32.4 Å². The number of benzene rings is 1. The summed E-state index contributed by atoms with van der Waals surface area (Å²) in [7, 11) is 1.57. The minimum absolute atomic E-state index is 0.0276. The molecule has 1 aromatic heterocycles. The van der Waals surface area contributed by atoms with Crippen LogP contribution in [0.5, 0.6) is 5.75 Å². The second-order valence-electron chi connectivity index (χ2n) is 6.89. The largest absolute Gasteiger partial charge is 0.495 e. The molecule has 0 radical (unpaired) electrons. The van der Waals surface area contributed by atoms with Crippen LogP contribution in [-0.2, 0) is 11.3 Å². The maximum atomic E-state index is 12.4. The Bertz CT molecular complexity index is 780. The maximum absolute atomic E-state index is 12.4. The molecular formula is C19H25ClN4O3. The predicted molar refractivity (Wildman–Crippen MR) is 103 cm³/mol. The fourth-order valence-electron chi connectivity index (χ4n) is 3.45. The van der Waals surface area contributed by atoms with Gasteiger partial charge in [-0.2, -0.15) is 0 Å². The highest BCUT2D eigenvalue weighted by Gasteiger charge is 2.22. The summed E-state index contributed by atoms with van der Waals surface area (Å²) in [6.45, 7) is 4.42. The highest BCUT2D eigenvalue weighted by molar-refractivity contribution is 6.31. The standard InChI is InChI=1S/C19H25ClN4O3/c1-13-22-23-19(27-13)12-24-9-3-4-14(11-24)5-8-18(25)21-16-10-15(20)6-7-17(16)26-2/h6-7,10,14H,3-5,8-9,11-12H2,1-2H3,(H,21,25)/t14-/m1/s1. The minimum atomic E-state index is -0.0276. The molecule has 27 heavy (non-hydrogen) atoms. The third-order valence-corrected chi connectivity index (χ3v) is 4.98. The number of hydrogen-bond donors (Lipinski definition) is 1. The number of anilines is 1. The average molecular weight is 393 g/mol. The van der Waals surface area contributed by atoms with Crippen molar-refractivity contribution in [2.45, 2.75) is 39.2 Å². The molecular weight excluding hydrogens is 368 g/mol. The molecule has 146 valence electrons. The smallest absolute Gasteiger partial charge is 0.230 e. The van der Waals surface area contributed by atoms with Crippen LogP contribution in [-0.4, -0.2) is 41.2 Å². The molecule has 1 amide bonds. The molecule has 0 spiro atoms. The Kier molecular flexibility index (Phi) is 6.68. The van der Waals surface area contributed by atoms with Gasteiger partial charge in [0, 0.05) is 24.9 Å². The summed E-state index contributed by atoms with van der Waals surface area (Å²) in [6, 6.07) is 5.18. The molecule has 7 nitrogen and oxygen atoms in total. The van der Waals surface area contributed by atoms with Crippen molar-refractivity contribution in [2.75, 3.05) is 25.5 Å². The number of carbonyl (C=O) groups is 1. The molecule has 1 N–H and O–H groups in total. The van der Waals surface area contributed by atoms with Crippen LogP contribution >= 0.6 is 11.6 Å². The lowest BCUT2D eigenvalue weighted by molar-refractivity contribution is -0.116. The third kappa shape index (κ3) is 5.68. The topological polar surface area (TPSA) is 80.5 Å². The second-order valence-corrected chi connectivity index (χ2v) is 7.33. The van der Waals surface area contributed by atoms with Gasteiger partial charge in [0.25, 0.3) is 0 Å². The van der Waals surface area contributed by atoms with Gasteiger partial charge >= 0.3 is 0 Å². The fourth-order valence-corrected chi connectivity index (χ4v) is 3.62. The normalized spacial score (nSPS) is 17.7. The van der Waals surface area contributed by atoms with Crippen molar-refractivity contribution < 1.29 is 13.9 Å². The number of rotatable bonds is 7. The van der Waals surface area contributed by atoms with Crippen LogP contribution in [0.1, 0.15) is 37.5 Å². The molecule has 2 heterocycles. The highest BCUT2D eigenvalue weighted by Crippen LogP contribution is 2.28. The van der Waals surface area contributed by atoms with Gasteiger partial charge in [-0.1, -0.05) is 11.6 Å². The fraction of sp³-hybridized carbons (Fsp3) is 0.526. The lowest BCUT2D eigenvalue weighted by Gasteiger charge is -2.31. The SMILES string of the molecule is COc1ccc(Cl)cc1NC(=O)CC[C@H]1CCCN(Cc2nnc(C)o2)C1. The molecule has 1 atom stereocenters. The minimum Gasteiger partial charge on any atom is -0.495 e. The zero-order valence-electron chi connectivity index (χ0n) is 15.7. The Morgan fingerprint density at radius 2 is 2.30 bits per heavy atom. The number of ether oxygens (including phenoxy) is 1. The lowest BCUT2D eigenvalue weighted by Crippen LogP contribution is -2.35. The third-order valence-electron chi connectivity index (χ3n) is 4.75. The first-order chi connectivity index (χ1) is 13.0. The summed E-state index contributed by atoms with van der Waals surface area (Å²) in [5, 5.41) is 11.4. The quantitative estimate of drug-likeness (QED) is 0.774. The van der Waals surface area contributed by atoms with Crippen LogP contribution in [0.4, 0.5) is 5.69 Å². The van der Waals surface area contributed by atoms with Crippen molar-refractivity contribution in [3.63, 3.8) is 0 Å². The van der Waals surface area contributed by atoms with Crippen molar-refractivity contribution in [3.8, 4) is 5.75 Å². The Labute approximate surface area is 164 Å². The molecule has 0 saturated carbocycles. The van der Waals surface area contributed by atoms with Gasteiger partial charge in [-0.25, -0.2) is 0 Å². The van der Waals surface area contributed by atoms with E-state index in [1.165, 1.54) is 0 Å². The van der Waals surface area contributed by atoms with Crippen LogP contribution in [0.3, 0.4) is 0 Å². The first-order valence-electron chi connectivity index (χ1n) is 9.18.